The number of hydrogen-bond donors (Lipinski definition) is 2. The lowest BCUT2D eigenvalue weighted by Crippen LogP contribution is -2.15. The van der Waals surface area contributed by atoms with Crippen LogP contribution in [-0.2, 0) is 0 Å². The quantitative estimate of drug-likeness (QED) is 0.582. The van der Waals surface area contributed by atoms with Crippen molar-refractivity contribution in [1.29, 1.82) is 0 Å². The van der Waals surface area contributed by atoms with E-state index in [9.17, 15) is 0 Å². The second kappa shape index (κ2) is 5.62. The monoisotopic (exact) mass is 323 g/mol. The van der Waals surface area contributed by atoms with E-state index in [1.165, 1.54) is 9.58 Å². The Balaban J connectivity index is 1.76. The van der Waals surface area contributed by atoms with Crippen LogP contribution in [0.3, 0.4) is 0 Å². The molecule has 4 heterocycles. The first kappa shape index (κ1) is 14.1. The molecule has 1 atom stereocenters. The lowest BCUT2D eigenvalue weighted by atomic mass is 10.2. The number of nitrogens with zero attached hydrogens (tertiary/aromatic N) is 3. The van der Waals surface area contributed by atoms with Gasteiger partial charge in [0.2, 0.25) is 5.95 Å². The maximum atomic E-state index is 4.58. The lowest BCUT2D eigenvalue weighted by Gasteiger charge is -2.10. The third-order valence-electron chi connectivity index (χ3n) is 4.00. The average molecular weight is 323 g/mol. The van der Waals surface area contributed by atoms with Crippen molar-refractivity contribution >= 4 is 38.4 Å². The molecule has 0 radical (unpaired) electrons. The van der Waals surface area contributed by atoms with Gasteiger partial charge < -0.3 is 10.3 Å². The summed E-state index contributed by atoms with van der Waals surface area (Å²) in [6, 6.07) is 4.57. The summed E-state index contributed by atoms with van der Waals surface area (Å²) < 4.78 is 1.24. The highest BCUT2D eigenvalue weighted by atomic mass is 32.1. The van der Waals surface area contributed by atoms with Crippen molar-refractivity contribution < 1.29 is 0 Å². The smallest absolute Gasteiger partial charge is 0.224 e. The van der Waals surface area contributed by atoms with Crippen molar-refractivity contribution in [2.75, 3.05) is 5.32 Å². The number of rotatable bonds is 4. The predicted molar refractivity (Wildman–Crippen MR) is 95.9 cm³/mol. The normalized spacial score (nSPS) is 12.8. The zero-order valence-corrected chi connectivity index (χ0v) is 13.8. The number of H-pyrrole nitrogens is 1. The first-order chi connectivity index (χ1) is 11.2. The van der Waals surface area contributed by atoms with Gasteiger partial charge in [-0.1, -0.05) is 6.92 Å². The minimum Gasteiger partial charge on any atom is -0.352 e. The molecule has 6 heteroatoms. The van der Waals surface area contributed by atoms with Crippen LogP contribution in [0, 0.1) is 0 Å². The van der Waals surface area contributed by atoms with E-state index in [2.05, 4.69) is 45.2 Å². The Labute approximate surface area is 137 Å². The number of nitrogens with one attached hydrogen (secondary N) is 2. The van der Waals surface area contributed by atoms with Crippen LogP contribution in [0.5, 0.6) is 0 Å². The van der Waals surface area contributed by atoms with Crippen LogP contribution in [0.1, 0.15) is 20.3 Å². The molecule has 0 spiro atoms. The molecule has 4 aromatic heterocycles. The molecule has 0 saturated carbocycles. The summed E-state index contributed by atoms with van der Waals surface area (Å²) in [5, 5.41) is 5.51. The number of aromatic amines is 1. The summed E-state index contributed by atoms with van der Waals surface area (Å²) in [5.74, 6) is 0.667. The Morgan fingerprint density at radius 2 is 2.26 bits per heavy atom. The highest BCUT2D eigenvalue weighted by Crippen LogP contribution is 2.36. The zero-order valence-electron chi connectivity index (χ0n) is 13.0. The maximum absolute atomic E-state index is 4.58. The minimum atomic E-state index is 0.358. The topological polar surface area (TPSA) is 66.5 Å². The fourth-order valence-corrected chi connectivity index (χ4v) is 3.58. The van der Waals surface area contributed by atoms with E-state index in [0.717, 1.165) is 28.4 Å². The number of anilines is 1. The molecule has 0 unspecified atom stereocenters. The summed E-state index contributed by atoms with van der Waals surface area (Å²) in [7, 11) is 0. The van der Waals surface area contributed by atoms with Crippen LogP contribution in [0.4, 0.5) is 5.95 Å². The molecule has 116 valence electrons. The lowest BCUT2D eigenvalue weighted by molar-refractivity contribution is 0.754. The van der Waals surface area contributed by atoms with E-state index in [1.807, 2.05) is 30.9 Å². The van der Waals surface area contributed by atoms with Gasteiger partial charge in [-0.15, -0.1) is 11.3 Å². The second-order valence-electron chi connectivity index (χ2n) is 5.64. The van der Waals surface area contributed by atoms with E-state index in [4.69, 9.17) is 0 Å². The first-order valence-corrected chi connectivity index (χ1v) is 8.51. The highest BCUT2D eigenvalue weighted by molar-refractivity contribution is 7.22. The summed E-state index contributed by atoms with van der Waals surface area (Å²) in [4.78, 5) is 17.7. The molecule has 0 aromatic carbocycles. The van der Waals surface area contributed by atoms with Crippen LogP contribution in [0.25, 0.3) is 31.6 Å². The maximum Gasteiger partial charge on any atom is 0.224 e. The SMILES string of the molecule is CC[C@H](C)Nc1ncc2c(-c3cc4cnccc4s3)c[nH]c2n1. The van der Waals surface area contributed by atoms with Crippen LogP contribution >= 0.6 is 11.3 Å². The van der Waals surface area contributed by atoms with Crippen molar-refractivity contribution in [3.8, 4) is 10.4 Å². The minimum absolute atomic E-state index is 0.358. The molecule has 0 aliphatic heterocycles. The van der Waals surface area contributed by atoms with E-state index in [1.54, 1.807) is 11.3 Å². The number of pyridine rings is 1. The average Bonchev–Trinajstić information content (AvgIpc) is 3.17. The molecule has 0 aliphatic rings. The van der Waals surface area contributed by atoms with Gasteiger partial charge in [-0.2, -0.15) is 4.98 Å². The van der Waals surface area contributed by atoms with Gasteiger partial charge in [0.1, 0.15) is 5.65 Å². The molecule has 0 bridgehead atoms. The Morgan fingerprint density at radius 3 is 3.09 bits per heavy atom. The van der Waals surface area contributed by atoms with Crippen molar-refractivity contribution in [2.45, 2.75) is 26.3 Å². The van der Waals surface area contributed by atoms with Crippen LogP contribution in [0.2, 0.25) is 0 Å². The molecule has 0 saturated heterocycles. The van der Waals surface area contributed by atoms with Crippen molar-refractivity contribution in [2.24, 2.45) is 0 Å². The fraction of sp³-hybridized carbons (Fsp3) is 0.235. The Hall–Kier alpha value is -2.47. The van der Waals surface area contributed by atoms with E-state index in [-0.39, 0.29) is 0 Å². The van der Waals surface area contributed by atoms with Crippen molar-refractivity contribution in [3.63, 3.8) is 0 Å². The van der Waals surface area contributed by atoms with E-state index >= 15 is 0 Å². The van der Waals surface area contributed by atoms with Gasteiger partial charge in [0.15, 0.2) is 0 Å². The van der Waals surface area contributed by atoms with Gasteiger partial charge in [0, 0.05) is 56.7 Å². The van der Waals surface area contributed by atoms with Gasteiger partial charge in [-0.05, 0) is 25.5 Å². The van der Waals surface area contributed by atoms with Crippen LogP contribution in [-0.4, -0.2) is 26.0 Å². The molecule has 23 heavy (non-hydrogen) atoms. The van der Waals surface area contributed by atoms with E-state index < -0.39 is 0 Å². The second-order valence-corrected chi connectivity index (χ2v) is 6.72. The number of fused-ring (bicyclic) bond motifs is 2. The third kappa shape index (κ3) is 2.55. The molecular formula is C17H17N5S. The molecule has 4 aromatic rings. The van der Waals surface area contributed by atoms with Gasteiger partial charge >= 0.3 is 0 Å². The van der Waals surface area contributed by atoms with Crippen LogP contribution < -0.4 is 5.32 Å². The molecule has 5 nitrogen and oxygen atoms in total. The number of thiophene rings is 1. The largest absolute Gasteiger partial charge is 0.352 e. The molecular weight excluding hydrogens is 306 g/mol. The third-order valence-corrected chi connectivity index (χ3v) is 5.15. The Kier molecular flexibility index (Phi) is 3.46. The fourth-order valence-electron chi connectivity index (χ4n) is 2.52. The van der Waals surface area contributed by atoms with Gasteiger partial charge in [-0.25, -0.2) is 4.98 Å². The number of hydrogen-bond acceptors (Lipinski definition) is 5. The molecule has 0 amide bonds. The number of aromatic nitrogens is 4. The predicted octanol–water partition coefficient (Wildman–Crippen LogP) is 4.45. The summed E-state index contributed by atoms with van der Waals surface area (Å²) >= 11 is 1.76. The Bertz CT molecular complexity index is 938. The Morgan fingerprint density at radius 1 is 1.35 bits per heavy atom. The summed E-state index contributed by atoms with van der Waals surface area (Å²) in [6.07, 6.45) is 8.65. The molecule has 0 fully saturated rings. The van der Waals surface area contributed by atoms with Crippen molar-refractivity contribution in [3.05, 3.63) is 36.9 Å². The summed E-state index contributed by atoms with van der Waals surface area (Å²) in [6.45, 7) is 4.26. The molecule has 4 rings (SSSR count). The summed E-state index contributed by atoms with van der Waals surface area (Å²) in [5.41, 5.74) is 1.99. The molecule has 2 N–H and O–H groups in total. The van der Waals surface area contributed by atoms with Gasteiger partial charge in [0.05, 0.1) is 0 Å². The zero-order chi connectivity index (χ0) is 15.8. The van der Waals surface area contributed by atoms with Gasteiger partial charge in [-0.3, -0.25) is 4.98 Å². The standard InChI is InChI=1S/C17H17N5S/c1-3-10(2)21-17-20-9-13-12(8-19-16(13)22-17)15-6-11-7-18-5-4-14(11)23-15/h4-10H,3H2,1-2H3,(H2,19,20,21,22)/t10-/m0/s1. The van der Waals surface area contributed by atoms with E-state index in [0.29, 0.717) is 12.0 Å². The van der Waals surface area contributed by atoms with Gasteiger partial charge in [0.25, 0.3) is 0 Å². The first-order valence-electron chi connectivity index (χ1n) is 7.69. The van der Waals surface area contributed by atoms with Crippen LogP contribution in [0.15, 0.2) is 36.9 Å². The highest BCUT2D eigenvalue weighted by Gasteiger charge is 2.12. The molecule has 0 aliphatic carbocycles. The van der Waals surface area contributed by atoms with Crippen molar-refractivity contribution in [1.82, 2.24) is 19.9 Å².